The SMILES string of the molecule is O=C(O)n1ccc2c(Nc3cccc(Oc4ccccc4)c3)ncnc21. The predicted octanol–water partition coefficient (Wildman–Crippen LogP) is 4.49. The first-order valence-corrected chi connectivity index (χ1v) is 7.86. The van der Waals surface area contributed by atoms with Crippen molar-refractivity contribution in [2.75, 3.05) is 5.32 Å². The molecule has 0 saturated carbocycles. The van der Waals surface area contributed by atoms with Gasteiger partial charge in [0.15, 0.2) is 5.65 Å². The van der Waals surface area contributed by atoms with Crippen LogP contribution in [-0.4, -0.2) is 25.7 Å². The maximum Gasteiger partial charge on any atom is 0.417 e. The zero-order chi connectivity index (χ0) is 17.9. The fourth-order valence-electron chi connectivity index (χ4n) is 2.60. The van der Waals surface area contributed by atoms with Crippen LogP contribution >= 0.6 is 0 Å². The third-order valence-corrected chi connectivity index (χ3v) is 3.76. The van der Waals surface area contributed by atoms with E-state index in [0.717, 1.165) is 16.0 Å². The molecule has 7 nitrogen and oxygen atoms in total. The summed E-state index contributed by atoms with van der Waals surface area (Å²) >= 11 is 0. The maximum absolute atomic E-state index is 11.2. The summed E-state index contributed by atoms with van der Waals surface area (Å²) < 4.78 is 6.88. The predicted molar refractivity (Wildman–Crippen MR) is 97.2 cm³/mol. The van der Waals surface area contributed by atoms with Crippen LogP contribution in [0.2, 0.25) is 0 Å². The van der Waals surface area contributed by atoms with Gasteiger partial charge in [-0.3, -0.25) is 0 Å². The highest BCUT2D eigenvalue weighted by Gasteiger charge is 2.12. The molecule has 128 valence electrons. The quantitative estimate of drug-likeness (QED) is 0.566. The molecule has 0 radical (unpaired) electrons. The molecule has 2 aromatic heterocycles. The number of anilines is 2. The number of aromatic nitrogens is 3. The minimum Gasteiger partial charge on any atom is -0.464 e. The number of benzene rings is 2. The second-order valence-electron chi connectivity index (χ2n) is 5.50. The molecule has 0 aliphatic carbocycles. The number of carbonyl (C=O) groups is 1. The summed E-state index contributed by atoms with van der Waals surface area (Å²) in [5.41, 5.74) is 1.09. The van der Waals surface area contributed by atoms with Crippen molar-refractivity contribution in [1.82, 2.24) is 14.5 Å². The molecule has 0 atom stereocenters. The van der Waals surface area contributed by atoms with Gasteiger partial charge < -0.3 is 15.2 Å². The van der Waals surface area contributed by atoms with Crippen molar-refractivity contribution in [2.24, 2.45) is 0 Å². The van der Waals surface area contributed by atoms with E-state index in [1.54, 1.807) is 6.07 Å². The Labute approximate surface area is 148 Å². The van der Waals surface area contributed by atoms with Crippen LogP contribution in [0.15, 0.2) is 73.2 Å². The second-order valence-corrected chi connectivity index (χ2v) is 5.50. The van der Waals surface area contributed by atoms with E-state index in [2.05, 4.69) is 15.3 Å². The first kappa shape index (κ1) is 15.6. The Morgan fingerprint density at radius 2 is 1.81 bits per heavy atom. The highest BCUT2D eigenvalue weighted by atomic mass is 16.5. The molecule has 2 aromatic carbocycles. The van der Waals surface area contributed by atoms with Crippen molar-refractivity contribution in [1.29, 1.82) is 0 Å². The third-order valence-electron chi connectivity index (χ3n) is 3.76. The average Bonchev–Trinajstić information content (AvgIpc) is 3.08. The topological polar surface area (TPSA) is 89.3 Å². The molecule has 2 heterocycles. The number of hydrogen-bond donors (Lipinski definition) is 2. The molecule has 2 N–H and O–H groups in total. The van der Waals surface area contributed by atoms with E-state index < -0.39 is 6.09 Å². The Hall–Kier alpha value is -3.87. The summed E-state index contributed by atoms with van der Waals surface area (Å²) in [6.45, 7) is 0. The maximum atomic E-state index is 11.2. The standard InChI is InChI=1S/C19H14N4O3/c24-19(25)23-10-9-16-17(20-12-21-18(16)23)22-13-5-4-8-15(11-13)26-14-6-2-1-3-7-14/h1-12H,(H,24,25)(H,20,21,22). The number of ether oxygens (including phenoxy) is 1. The molecule has 0 aliphatic rings. The van der Waals surface area contributed by atoms with E-state index in [1.165, 1.54) is 12.5 Å². The molecule has 4 aromatic rings. The average molecular weight is 346 g/mol. The summed E-state index contributed by atoms with van der Waals surface area (Å²) in [4.78, 5) is 19.5. The van der Waals surface area contributed by atoms with Gasteiger partial charge in [0.2, 0.25) is 0 Å². The van der Waals surface area contributed by atoms with Crippen molar-refractivity contribution in [3.05, 3.63) is 73.2 Å². The van der Waals surface area contributed by atoms with Crippen molar-refractivity contribution in [3.8, 4) is 11.5 Å². The fourth-order valence-corrected chi connectivity index (χ4v) is 2.60. The Bertz CT molecular complexity index is 1080. The van der Waals surface area contributed by atoms with E-state index in [1.807, 2.05) is 54.6 Å². The lowest BCUT2D eigenvalue weighted by atomic mass is 10.3. The summed E-state index contributed by atoms with van der Waals surface area (Å²) in [6.07, 6.45) is 1.68. The van der Waals surface area contributed by atoms with Gasteiger partial charge in [-0.25, -0.2) is 19.3 Å². The molecule has 0 amide bonds. The number of hydrogen-bond acceptors (Lipinski definition) is 5. The van der Waals surface area contributed by atoms with Gasteiger partial charge in [-0.1, -0.05) is 24.3 Å². The van der Waals surface area contributed by atoms with Gasteiger partial charge in [0.25, 0.3) is 0 Å². The van der Waals surface area contributed by atoms with E-state index in [4.69, 9.17) is 4.74 Å². The summed E-state index contributed by atoms with van der Waals surface area (Å²) in [5, 5.41) is 13.0. The minimum absolute atomic E-state index is 0.326. The molecule has 26 heavy (non-hydrogen) atoms. The normalized spacial score (nSPS) is 10.6. The van der Waals surface area contributed by atoms with Gasteiger partial charge >= 0.3 is 6.09 Å². The van der Waals surface area contributed by atoms with Crippen LogP contribution < -0.4 is 10.1 Å². The Kier molecular flexibility index (Phi) is 3.95. The Morgan fingerprint density at radius 1 is 1.00 bits per heavy atom. The minimum atomic E-state index is -1.09. The van der Waals surface area contributed by atoms with Crippen molar-refractivity contribution in [3.63, 3.8) is 0 Å². The number of nitrogens with zero attached hydrogens (tertiary/aromatic N) is 3. The van der Waals surface area contributed by atoms with E-state index in [9.17, 15) is 9.90 Å². The van der Waals surface area contributed by atoms with Gasteiger partial charge in [-0.05, 0) is 30.3 Å². The highest BCUT2D eigenvalue weighted by molar-refractivity contribution is 5.93. The summed E-state index contributed by atoms with van der Waals surface area (Å²) in [7, 11) is 0. The van der Waals surface area contributed by atoms with Gasteiger partial charge in [-0.2, -0.15) is 0 Å². The van der Waals surface area contributed by atoms with Crippen LogP contribution in [-0.2, 0) is 0 Å². The van der Waals surface area contributed by atoms with Crippen LogP contribution in [0.1, 0.15) is 0 Å². The number of nitrogens with one attached hydrogen (secondary N) is 1. The first-order chi connectivity index (χ1) is 12.7. The number of fused-ring (bicyclic) bond motifs is 1. The highest BCUT2D eigenvalue weighted by Crippen LogP contribution is 2.28. The van der Waals surface area contributed by atoms with Crippen LogP contribution in [0.5, 0.6) is 11.5 Å². The zero-order valence-electron chi connectivity index (χ0n) is 13.5. The largest absolute Gasteiger partial charge is 0.464 e. The van der Waals surface area contributed by atoms with E-state index in [-0.39, 0.29) is 0 Å². The summed E-state index contributed by atoms with van der Waals surface area (Å²) in [5.74, 6) is 1.94. The van der Waals surface area contributed by atoms with Crippen LogP contribution in [0.4, 0.5) is 16.3 Å². The summed E-state index contributed by atoms with van der Waals surface area (Å²) in [6, 6.07) is 18.6. The lowest BCUT2D eigenvalue weighted by Gasteiger charge is -2.10. The van der Waals surface area contributed by atoms with Crippen LogP contribution in [0, 0.1) is 0 Å². The number of carboxylic acid groups (broad SMARTS) is 1. The van der Waals surface area contributed by atoms with Gasteiger partial charge in [0, 0.05) is 18.0 Å². The monoisotopic (exact) mass is 346 g/mol. The smallest absolute Gasteiger partial charge is 0.417 e. The number of rotatable bonds is 4. The molecule has 0 bridgehead atoms. The van der Waals surface area contributed by atoms with Gasteiger partial charge in [0.05, 0.1) is 5.39 Å². The molecule has 7 heteroatoms. The van der Waals surface area contributed by atoms with Crippen LogP contribution in [0.25, 0.3) is 11.0 Å². The van der Waals surface area contributed by atoms with Gasteiger partial charge in [-0.15, -0.1) is 0 Å². The first-order valence-electron chi connectivity index (χ1n) is 7.86. The molecular weight excluding hydrogens is 332 g/mol. The van der Waals surface area contributed by atoms with Crippen molar-refractivity contribution >= 4 is 28.6 Å². The fraction of sp³-hybridized carbons (Fsp3) is 0. The van der Waals surface area contributed by atoms with Crippen molar-refractivity contribution in [2.45, 2.75) is 0 Å². The molecule has 0 spiro atoms. The third kappa shape index (κ3) is 3.05. The molecule has 0 fully saturated rings. The zero-order valence-corrected chi connectivity index (χ0v) is 13.5. The molecular formula is C19H14N4O3. The van der Waals surface area contributed by atoms with Crippen molar-refractivity contribution < 1.29 is 14.6 Å². The lowest BCUT2D eigenvalue weighted by Crippen LogP contribution is -2.07. The Morgan fingerprint density at radius 3 is 2.62 bits per heavy atom. The van der Waals surface area contributed by atoms with Crippen LogP contribution in [0.3, 0.4) is 0 Å². The second kappa shape index (κ2) is 6.56. The molecule has 4 rings (SSSR count). The number of para-hydroxylation sites is 1. The molecule has 0 saturated heterocycles. The Balaban J connectivity index is 1.63. The lowest BCUT2D eigenvalue weighted by molar-refractivity contribution is 0.197. The molecule has 0 aliphatic heterocycles. The van der Waals surface area contributed by atoms with Gasteiger partial charge in [0.1, 0.15) is 23.6 Å². The van der Waals surface area contributed by atoms with E-state index in [0.29, 0.717) is 22.6 Å². The molecule has 0 unspecified atom stereocenters. The van der Waals surface area contributed by atoms with E-state index >= 15 is 0 Å².